The van der Waals surface area contributed by atoms with E-state index < -0.39 is 0 Å². The third kappa shape index (κ3) is 4.08. The van der Waals surface area contributed by atoms with E-state index in [0.717, 1.165) is 47.8 Å². The summed E-state index contributed by atoms with van der Waals surface area (Å²) in [5.74, 6) is 0. The van der Waals surface area contributed by atoms with Crippen LogP contribution in [0.4, 0.5) is 5.69 Å². The number of benzene rings is 2. The third-order valence-electron chi connectivity index (χ3n) is 5.55. The number of anilines is 1. The maximum Gasteiger partial charge on any atom is 0.0737 e. The van der Waals surface area contributed by atoms with Gasteiger partial charge < -0.3 is 10.6 Å². The Hall–Kier alpha value is -1.52. The van der Waals surface area contributed by atoms with Crippen molar-refractivity contribution in [3.63, 3.8) is 0 Å². The SMILES string of the molecule is NC1CCC(N(Cc2cccc(Cl)c2Cl)c2ccnc3cc(Cl)ccc23)CC1. The third-order valence-corrected chi connectivity index (χ3v) is 6.64. The van der Waals surface area contributed by atoms with Crippen molar-refractivity contribution in [3.8, 4) is 0 Å². The molecule has 0 spiro atoms. The standard InChI is InChI=1S/C22H22Cl3N3/c23-15-4-9-18-20(12-15)27-11-10-21(18)28(17-7-5-16(26)6-8-17)13-14-2-1-3-19(24)22(14)25/h1-4,9-12,16-17H,5-8,13,26H2. The van der Waals surface area contributed by atoms with Crippen molar-refractivity contribution < 1.29 is 0 Å². The average Bonchev–Trinajstić information content (AvgIpc) is 2.69. The van der Waals surface area contributed by atoms with Gasteiger partial charge in [0.25, 0.3) is 0 Å². The smallest absolute Gasteiger partial charge is 0.0737 e. The molecule has 1 aromatic heterocycles. The van der Waals surface area contributed by atoms with Gasteiger partial charge in [-0.1, -0.05) is 46.9 Å². The van der Waals surface area contributed by atoms with Gasteiger partial charge in [-0.25, -0.2) is 0 Å². The Kier molecular flexibility index (Phi) is 5.98. The molecule has 0 aliphatic heterocycles. The Morgan fingerprint density at radius 1 is 1.00 bits per heavy atom. The number of hydrogen-bond acceptors (Lipinski definition) is 3. The maximum atomic E-state index is 6.52. The highest BCUT2D eigenvalue weighted by molar-refractivity contribution is 6.42. The van der Waals surface area contributed by atoms with Gasteiger partial charge in [-0.05, 0) is 61.6 Å². The molecule has 0 unspecified atom stereocenters. The van der Waals surface area contributed by atoms with Gasteiger partial charge >= 0.3 is 0 Å². The quantitative estimate of drug-likeness (QED) is 0.511. The van der Waals surface area contributed by atoms with Crippen LogP contribution in [0.3, 0.4) is 0 Å². The Bertz CT molecular complexity index is 984. The normalized spacial score (nSPS) is 19.7. The van der Waals surface area contributed by atoms with Crippen LogP contribution in [0.1, 0.15) is 31.2 Å². The molecular weight excluding hydrogens is 413 g/mol. The van der Waals surface area contributed by atoms with Crippen molar-refractivity contribution >= 4 is 51.4 Å². The zero-order chi connectivity index (χ0) is 19.7. The molecule has 0 radical (unpaired) electrons. The number of fused-ring (bicyclic) bond motifs is 1. The fourth-order valence-electron chi connectivity index (χ4n) is 4.03. The monoisotopic (exact) mass is 433 g/mol. The van der Waals surface area contributed by atoms with Crippen molar-refractivity contribution in [2.45, 2.75) is 44.3 Å². The van der Waals surface area contributed by atoms with Crippen LogP contribution in [0.25, 0.3) is 10.9 Å². The summed E-state index contributed by atoms with van der Waals surface area (Å²) in [6, 6.07) is 14.4. The summed E-state index contributed by atoms with van der Waals surface area (Å²) in [6.45, 7) is 0.682. The van der Waals surface area contributed by atoms with Crippen LogP contribution in [-0.2, 0) is 6.54 Å². The summed E-state index contributed by atoms with van der Waals surface area (Å²) >= 11 is 19.0. The molecule has 2 N–H and O–H groups in total. The molecule has 1 fully saturated rings. The van der Waals surface area contributed by atoms with Gasteiger partial charge in [0.1, 0.15) is 0 Å². The molecule has 0 atom stereocenters. The fraction of sp³-hybridized carbons (Fsp3) is 0.318. The van der Waals surface area contributed by atoms with Gasteiger partial charge in [-0.15, -0.1) is 0 Å². The molecule has 0 amide bonds. The molecular formula is C22H22Cl3N3. The molecule has 0 saturated heterocycles. The summed E-state index contributed by atoms with van der Waals surface area (Å²) < 4.78 is 0. The largest absolute Gasteiger partial charge is 0.364 e. The summed E-state index contributed by atoms with van der Waals surface area (Å²) in [6.07, 6.45) is 6.00. The summed E-state index contributed by atoms with van der Waals surface area (Å²) in [7, 11) is 0. The minimum Gasteiger partial charge on any atom is -0.364 e. The lowest BCUT2D eigenvalue weighted by molar-refractivity contribution is 0.375. The van der Waals surface area contributed by atoms with Crippen molar-refractivity contribution in [1.82, 2.24) is 4.98 Å². The number of pyridine rings is 1. The predicted octanol–water partition coefficient (Wildman–Crippen LogP) is 6.47. The zero-order valence-corrected chi connectivity index (χ0v) is 17.7. The predicted molar refractivity (Wildman–Crippen MR) is 120 cm³/mol. The lowest BCUT2D eigenvalue weighted by atomic mass is 9.90. The van der Waals surface area contributed by atoms with E-state index in [4.69, 9.17) is 40.5 Å². The van der Waals surface area contributed by atoms with Crippen molar-refractivity contribution in [2.24, 2.45) is 5.73 Å². The first kappa shape index (κ1) is 19.8. The fourth-order valence-corrected chi connectivity index (χ4v) is 4.58. The minimum atomic E-state index is 0.292. The Morgan fingerprint density at radius 2 is 1.79 bits per heavy atom. The molecule has 3 nitrogen and oxygen atoms in total. The molecule has 1 saturated carbocycles. The second kappa shape index (κ2) is 8.46. The van der Waals surface area contributed by atoms with Gasteiger partial charge in [0.15, 0.2) is 0 Å². The Labute approximate surface area is 180 Å². The molecule has 3 aromatic rings. The van der Waals surface area contributed by atoms with Crippen LogP contribution < -0.4 is 10.6 Å². The molecule has 2 aromatic carbocycles. The number of nitrogens with zero attached hydrogens (tertiary/aromatic N) is 2. The summed E-state index contributed by atoms with van der Waals surface area (Å²) in [5.41, 5.74) is 9.20. The Balaban J connectivity index is 1.78. The second-order valence-electron chi connectivity index (χ2n) is 7.40. The van der Waals surface area contributed by atoms with Gasteiger partial charge in [0.05, 0.1) is 15.6 Å². The lowest BCUT2D eigenvalue weighted by Crippen LogP contribution is -2.40. The van der Waals surface area contributed by atoms with E-state index in [2.05, 4.69) is 16.0 Å². The summed E-state index contributed by atoms with van der Waals surface area (Å²) in [4.78, 5) is 6.93. The van der Waals surface area contributed by atoms with Crippen LogP contribution in [0.5, 0.6) is 0 Å². The number of hydrogen-bond donors (Lipinski definition) is 1. The number of rotatable bonds is 4. The van der Waals surface area contributed by atoms with Gasteiger partial charge in [0.2, 0.25) is 0 Å². The van der Waals surface area contributed by atoms with E-state index in [1.807, 2.05) is 42.6 Å². The van der Waals surface area contributed by atoms with Gasteiger partial charge in [0, 0.05) is 40.9 Å². The van der Waals surface area contributed by atoms with E-state index in [0.29, 0.717) is 33.7 Å². The van der Waals surface area contributed by atoms with Crippen LogP contribution >= 0.6 is 34.8 Å². The van der Waals surface area contributed by atoms with Crippen LogP contribution in [-0.4, -0.2) is 17.1 Å². The van der Waals surface area contributed by atoms with E-state index in [1.165, 1.54) is 0 Å². The molecule has 1 heterocycles. The highest BCUT2D eigenvalue weighted by atomic mass is 35.5. The molecule has 6 heteroatoms. The van der Waals surface area contributed by atoms with E-state index in [9.17, 15) is 0 Å². The van der Waals surface area contributed by atoms with Gasteiger partial charge in [-0.3, -0.25) is 4.98 Å². The Morgan fingerprint density at radius 3 is 2.57 bits per heavy atom. The van der Waals surface area contributed by atoms with E-state index in [1.54, 1.807) is 0 Å². The molecule has 146 valence electrons. The summed E-state index contributed by atoms with van der Waals surface area (Å²) in [5, 5.41) is 2.96. The zero-order valence-electron chi connectivity index (χ0n) is 15.4. The van der Waals surface area contributed by atoms with Crippen molar-refractivity contribution in [2.75, 3.05) is 4.90 Å². The minimum absolute atomic E-state index is 0.292. The molecule has 1 aliphatic carbocycles. The number of nitrogens with two attached hydrogens (primary N) is 1. The first-order valence-corrected chi connectivity index (χ1v) is 10.7. The maximum absolute atomic E-state index is 6.52. The first-order valence-electron chi connectivity index (χ1n) is 9.52. The highest BCUT2D eigenvalue weighted by Crippen LogP contribution is 2.35. The first-order chi connectivity index (χ1) is 13.5. The second-order valence-corrected chi connectivity index (χ2v) is 8.62. The van der Waals surface area contributed by atoms with Crippen molar-refractivity contribution in [3.05, 3.63) is 69.3 Å². The molecule has 4 rings (SSSR count). The molecule has 0 bridgehead atoms. The number of aromatic nitrogens is 1. The highest BCUT2D eigenvalue weighted by Gasteiger charge is 2.26. The van der Waals surface area contributed by atoms with Gasteiger partial charge in [-0.2, -0.15) is 0 Å². The van der Waals surface area contributed by atoms with Crippen LogP contribution in [0.15, 0.2) is 48.7 Å². The van der Waals surface area contributed by atoms with Crippen molar-refractivity contribution in [1.29, 1.82) is 0 Å². The average molecular weight is 435 g/mol. The molecule has 28 heavy (non-hydrogen) atoms. The number of halogens is 3. The van der Waals surface area contributed by atoms with E-state index >= 15 is 0 Å². The topological polar surface area (TPSA) is 42.1 Å². The van der Waals surface area contributed by atoms with Crippen LogP contribution in [0.2, 0.25) is 15.1 Å². The van der Waals surface area contributed by atoms with Crippen LogP contribution in [0, 0.1) is 0 Å². The van der Waals surface area contributed by atoms with E-state index in [-0.39, 0.29) is 0 Å². The lowest BCUT2D eigenvalue weighted by Gasteiger charge is -2.38. The molecule has 1 aliphatic rings.